The van der Waals surface area contributed by atoms with E-state index >= 15 is 0 Å². The SMILES string of the molecule is Nc1ccc(-c2nc(-c3ncn[nH]3)no2)cc1Cl. The summed E-state index contributed by atoms with van der Waals surface area (Å²) >= 11 is 5.93. The molecular formula is C10H7ClN6O. The summed E-state index contributed by atoms with van der Waals surface area (Å²) in [5.74, 6) is 1.10. The number of anilines is 1. The van der Waals surface area contributed by atoms with E-state index < -0.39 is 0 Å². The number of aromatic nitrogens is 5. The van der Waals surface area contributed by atoms with E-state index in [2.05, 4.69) is 25.3 Å². The van der Waals surface area contributed by atoms with Gasteiger partial charge in [0, 0.05) is 5.56 Å². The van der Waals surface area contributed by atoms with Crippen molar-refractivity contribution in [2.45, 2.75) is 0 Å². The normalized spacial score (nSPS) is 10.7. The largest absolute Gasteiger partial charge is 0.398 e. The quantitative estimate of drug-likeness (QED) is 0.682. The molecule has 18 heavy (non-hydrogen) atoms. The van der Waals surface area contributed by atoms with Crippen molar-refractivity contribution in [3.05, 3.63) is 29.5 Å². The maximum absolute atomic E-state index is 5.93. The number of hydrogen-bond acceptors (Lipinski definition) is 6. The Bertz CT molecular complexity index is 678. The molecule has 0 atom stereocenters. The van der Waals surface area contributed by atoms with Gasteiger partial charge < -0.3 is 10.3 Å². The zero-order chi connectivity index (χ0) is 12.5. The highest BCUT2D eigenvalue weighted by atomic mass is 35.5. The summed E-state index contributed by atoms with van der Waals surface area (Å²) in [6.45, 7) is 0. The lowest BCUT2D eigenvalue weighted by molar-refractivity contribution is 0.432. The minimum absolute atomic E-state index is 0.329. The molecule has 1 aromatic carbocycles. The van der Waals surface area contributed by atoms with Crippen LogP contribution in [0, 0.1) is 0 Å². The highest BCUT2D eigenvalue weighted by Crippen LogP contribution is 2.26. The number of hydrogen-bond donors (Lipinski definition) is 2. The fourth-order valence-electron chi connectivity index (χ4n) is 1.41. The molecule has 2 heterocycles. The molecule has 3 rings (SSSR count). The summed E-state index contributed by atoms with van der Waals surface area (Å²) in [6, 6.07) is 5.09. The predicted octanol–water partition coefficient (Wildman–Crippen LogP) is 1.76. The Labute approximate surface area is 106 Å². The smallest absolute Gasteiger partial charge is 0.258 e. The van der Waals surface area contributed by atoms with Crippen molar-refractivity contribution in [3.8, 4) is 23.1 Å². The molecular weight excluding hydrogens is 256 g/mol. The number of nitrogens with two attached hydrogens (primary N) is 1. The van der Waals surface area contributed by atoms with E-state index in [4.69, 9.17) is 21.9 Å². The molecule has 2 aromatic heterocycles. The van der Waals surface area contributed by atoms with Crippen LogP contribution < -0.4 is 5.73 Å². The van der Waals surface area contributed by atoms with Crippen molar-refractivity contribution < 1.29 is 4.52 Å². The predicted molar refractivity (Wildman–Crippen MR) is 64.5 cm³/mol. The van der Waals surface area contributed by atoms with Crippen molar-refractivity contribution in [1.82, 2.24) is 25.3 Å². The van der Waals surface area contributed by atoms with E-state index in [1.165, 1.54) is 6.33 Å². The van der Waals surface area contributed by atoms with Crippen LogP contribution in [0.3, 0.4) is 0 Å². The number of nitrogens with one attached hydrogen (secondary N) is 1. The topological polar surface area (TPSA) is 107 Å². The molecule has 7 nitrogen and oxygen atoms in total. The van der Waals surface area contributed by atoms with Crippen LogP contribution in [0.1, 0.15) is 0 Å². The third kappa shape index (κ3) is 1.80. The van der Waals surface area contributed by atoms with Crippen LogP contribution in [-0.2, 0) is 0 Å². The van der Waals surface area contributed by atoms with E-state index in [-0.39, 0.29) is 0 Å². The van der Waals surface area contributed by atoms with E-state index in [1.54, 1.807) is 18.2 Å². The number of rotatable bonds is 2. The molecule has 0 aliphatic rings. The van der Waals surface area contributed by atoms with Gasteiger partial charge in [-0.05, 0) is 18.2 Å². The van der Waals surface area contributed by atoms with Crippen molar-refractivity contribution in [2.24, 2.45) is 0 Å². The van der Waals surface area contributed by atoms with Gasteiger partial charge in [-0.3, -0.25) is 5.10 Å². The van der Waals surface area contributed by atoms with Gasteiger partial charge in [-0.2, -0.15) is 10.1 Å². The minimum Gasteiger partial charge on any atom is -0.398 e. The Morgan fingerprint density at radius 3 is 2.94 bits per heavy atom. The summed E-state index contributed by atoms with van der Waals surface area (Å²) < 4.78 is 5.12. The molecule has 0 aliphatic heterocycles. The molecule has 0 spiro atoms. The molecule has 0 saturated heterocycles. The summed E-state index contributed by atoms with van der Waals surface area (Å²) in [5, 5.41) is 10.6. The van der Waals surface area contributed by atoms with E-state index in [0.29, 0.717) is 33.8 Å². The average Bonchev–Trinajstić information content (AvgIpc) is 3.01. The third-order valence-electron chi connectivity index (χ3n) is 2.30. The second-order valence-electron chi connectivity index (χ2n) is 3.49. The lowest BCUT2D eigenvalue weighted by Crippen LogP contribution is -1.87. The first kappa shape index (κ1) is 10.7. The van der Waals surface area contributed by atoms with Crippen molar-refractivity contribution in [1.29, 1.82) is 0 Å². The van der Waals surface area contributed by atoms with Crippen LogP contribution in [0.5, 0.6) is 0 Å². The highest BCUT2D eigenvalue weighted by Gasteiger charge is 2.13. The zero-order valence-electron chi connectivity index (χ0n) is 8.96. The van der Waals surface area contributed by atoms with Crippen LogP contribution >= 0.6 is 11.6 Å². The van der Waals surface area contributed by atoms with Crippen LogP contribution in [0.2, 0.25) is 5.02 Å². The standard InChI is InChI=1S/C10H7ClN6O/c11-6-3-5(1-2-7(6)12)10-15-9(17-18-10)8-13-4-14-16-8/h1-4H,12H2,(H,13,14,16). The average molecular weight is 263 g/mol. The van der Waals surface area contributed by atoms with Gasteiger partial charge in [0.2, 0.25) is 5.82 Å². The molecule has 3 aromatic rings. The number of benzene rings is 1. The molecule has 0 bridgehead atoms. The Hall–Kier alpha value is -2.41. The number of nitrogen functional groups attached to an aromatic ring is 1. The molecule has 0 unspecified atom stereocenters. The molecule has 0 radical (unpaired) electrons. The summed E-state index contributed by atoms with van der Waals surface area (Å²) in [5.41, 5.74) is 6.81. The van der Waals surface area contributed by atoms with E-state index in [0.717, 1.165) is 0 Å². The van der Waals surface area contributed by atoms with E-state index in [1.807, 2.05) is 0 Å². The van der Waals surface area contributed by atoms with Gasteiger partial charge in [-0.1, -0.05) is 16.8 Å². The minimum atomic E-state index is 0.329. The van der Waals surface area contributed by atoms with Crippen LogP contribution in [0.15, 0.2) is 29.0 Å². The Morgan fingerprint density at radius 1 is 1.33 bits per heavy atom. The van der Waals surface area contributed by atoms with Crippen molar-refractivity contribution in [2.75, 3.05) is 5.73 Å². The monoisotopic (exact) mass is 262 g/mol. The fraction of sp³-hybridized carbons (Fsp3) is 0. The maximum Gasteiger partial charge on any atom is 0.258 e. The van der Waals surface area contributed by atoms with Gasteiger partial charge in [-0.15, -0.1) is 0 Å². The van der Waals surface area contributed by atoms with Gasteiger partial charge in [0.1, 0.15) is 6.33 Å². The lowest BCUT2D eigenvalue weighted by Gasteiger charge is -1.98. The molecule has 0 aliphatic carbocycles. The van der Waals surface area contributed by atoms with Gasteiger partial charge in [0.25, 0.3) is 5.89 Å². The van der Waals surface area contributed by atoms with Crippen LogP contribution in [-0.4, -0.2) is 25.3 Å². The van der Waals surface area contributed by atoms with Crippen LogP contribution in [0.4, 0.5) is 5.69 Å². The second kappa shape index (κ2) is 4.11. The molecule has 3 N–H and O–H groups in total. The molecule has 8 heteroatoms. The molecule has 0 saturated carbocycles. The Kier molecular flexibility index (Phi) is 2.45. The van der Waals surface area contributed by atoms with Gasteiger partial charge in [0.05, 0.1) is 10.7 Å². The molecule has 0 fully saturated rings. The van der Waals surface area contributed by atoms with Crippen molar-refractivity contribution in [3.63, 3.8) is 0 Å². The van der Waals surface area contributed by atoms with Crippen molar-refractivity contribution >= 4 is 17.3 Å². The van der Waals surface area contributed by atoms with Gasteiger partial charge in [0.15, 0.2) is 5.82 Å². The number of H-pyrrole nitrogens is 1. The van der Waals surface area contributed by atoms with Crippen LogP contribution in [0.25, 0.3) is 23.1 Å². The first-order valence-electron chi connectivity index (χ1n) is 4.99. The lowest BCUT2D eigenvalue weighted by atomic mass is 10.2. The summed E-state index contributed by atoms with van der Waals surface area (Å²) in [7, 11) is 0. The number of aromatic amines is 1. The first-order chi connectivity index (χ1) is 8.74. The fourth-order valence-corrected chi connectivity index (χ4v) is 1.59. The molecule has 0 amide bonds. The van der Waals surface area contributed by atoms with Gasteiger partial charge >= 0.3 is 0 Å². The van der Waals surface area contributed by atoms with Gasteiger partial charge in [-0.25, -0.2) is 4.98 Å². The summed E-state index contributed by atoms with van der Waals surface area (Å²) in [4.78, 5) is 8.11. The third-order valence-corrected chi connectivity index (χ3v) is 2.63. The first-order valence-corrected chi connectivity index (χ1v) is 5.36. The number of halogens is 1. The summed E-state index contributed by atoms with van der Waals surface area (Å²) in [6.07, 6.45) is 1.37. The Morgan fingerprint density at radius 2 is 2.22 bits per heavy atom. The zero-order valence-corrected chi connectivity index (χ0v) is 9.72. The second-order valence-corrected chi connectivity index (χ2v) is 3.90. The Balaban J connectivity index is 2.00. The maximum atomic E-state index is 5.93. The van der Waals surface area contributed by atoms with E-state index in [9.17, 15) is 0 Å². The number of nitrogens with zero attached hydrogens (tertiary/aromatic N) is 4. The molecule has 90 valence electrons. The highest BCUT2D eigenvalue weighted by molar-refractivity contribution is 6.33.